The lowest BCUT2D eigenvalue weighted by molar-refractivity contribution is -0.156. The van der Waals surface area contributed by atoms with Gasteiger partial charge >= 0.3 is 5.97 Å². The van der Waals surface area contributed by atoms with Crippen LogP contribution in [0.25, 0.3) is 0 Å². The van der Waals surface area contributed by atoms with Gasteiger partial charge in [0.15, 0.2) is 0 Å². The van der Waals surface area contributed by atoms with Gasteiger partial charge in [-0.05, 0) is 56.1 Å². The highest BCUT2D eigenvalue weighted by atomic mass is 16.5. The Balaban J connectivity index is 2.27. The van der Waals surface area contributed by atoms with Gasteiger partial charge in [0, 0.05) is 19.2 Å². The minimum Gasteiger partial charge on any atom is -0.461 e. The quantitative estimate of drug-likeness (QED) is 0.361. The molecule has 0 spiro atoms. The maximum atomic E-state index is 13.2. The number of para-hydroxylation sites is 1. The standard InChI is InChI=1S/C24H38N2O2/c1-8-23(25-7)26(21-12-10-9-11-18(21)5)19(6)24(27)28-22-15-17(4)13-14-20(22)16(2)3/h9-12,16-17,19-20,22H,8,13-15H2,1-7H3/t17-,19+,20+,22-/m1/s1. The Hall–Kier alpha value is -1.84. The summed E-state index contributed by atoms with van der Waals surface area (Å²) < 4.78 is 6.14. The van der Waals surface area contributed by atoms with E-state index in [4.69, 9.17) is 4.74 Å². The third-order valence-corrected chi connectivity index (χ3v) is 6.18. The molecule has 1 aromatic rings. The van der Waals surface area contributed by atoms with Crippen LogP contribution < -0.4 is 4.90 Å². The smallest absolute Gasteiger partial charge is 0.329 e. The van der Waals surface area contributed by atoms with E-state index in [0.29, 0.717) is 17.8 Å². The number of rotatable bonds is 6. The van der Waals surface area contributed by atoms with Crippen molar-refractivity contribution in [3.05, 3.63) is 29.8 Å². The van der Waals surface area contributed by atoms with Crippen LogP contribution in [0.4, 0.5) is 5.69 Å². The van der Waals surface area contributed by atoms with Crippen molar-refractivity contribution < 1.29 is 9.53 Å². The zero-order valence-corrected chi connectivity index (χ0v) is 18.7. The van der Waals surface area contributed by atoms with Gasteiger partial charge < -0.3 is 9.64 Å². The molecule has 0 bridgehead atoms. The highest BCUT2D eigenvalue weighted by molar-refractivity contribution is 6.03. The van der Waals surface area contributed by atoms with Crippen LogP contribution in [0.5, 0.6) is 0 Å². The van der Waals surface area contributed by atoms with Crippen molar-refractivity contribution in [3.8, 4) is 0 Å². The SMILES string of the molecule is CCC(=NC)N(c1ccccc1C)[C@@H](C)C(=O)O[C@@H]1C[C@H](C)CC[C@H]1C(C)C. The first-order valence-corrected chi connectivity index (χ1v) is 10.8. The molecule has 2 rings (SSSR count). The number of amidine groups is 1. The topological polar surface area (TPSA) is 41.9 Å². The van der Waals surface area contributed by atoms with Crippen LogP contribution >= 0.6 is 0 Å². The Morgan fingerprint density at radius 2 is 1.93 bits per heavy atom. The van der Waals surface area contributed by atoms with Crippen molar-refractivity contribution in [3.63, 3.8) is 0 Å². The van der Waals surface area contributed by atoms with Gasteiger partial charge in [-0.1, -0.05) is 52.3 Å². The van der Waals surface area contributed by atoms with Crippen LogP contribution in [0.1, 0.15) is 65.9 Å². The fourth-order valence-electron chi connectivity index (χ4n) is 4.44. The van der Waals surface area contributed by atoms with Crippen LogP contribution in [0, 0.1) is 24.7 Å². The summed E-state index contributed by atoms with van der Waals surface area (Å²) in [7, 11) is 1.79. The Labute approximate surface area is 171 Å². The van der Waals surface area contributed by atoms with Crippen molar-refractivity contribution in [2.24, 2.45) is 22.7 Å². The molecule has 28 heavy (non-hydrogen) atoms. The van der Waals surface area contributed by atoms with Crippen molar-refractivity contribution in [2.75, 3.05) is 11.9 Å². The molecule has 1 aliphatic rings. The molecule has 1 fully saturated rings. The molecule has 0 heterocycles. The number of esters is 1. The van der Waals surface area contributed by atoms with Gasteiger partial charge in [0.25, 0.3) is 0 Å². The van der Waals surface area contributed by atoms with Crippen LogP contribution in [-0.4, -0.2) is 31.0 Å². The number of carbonyl (C=O) groups is 1. The molecule has 0 saturated heterocycles. The molecule has 1 aliphatic carbocycles. The first-order chi connectivity index (χ1) is 13.3. The molecule has 4 nitrogen and oxygen atoms in total. The number of ether oxygens (including phenoxy) is 1. The number of nitrogens with zero attached hydrogens (tertiary/aromatic N) is 2. The lowest BCUT2D eigenvalue weighted by atomic mass is 9.75. The van der Waals surface area contributed by atoms with E-state index in [-0.39, 0.29) is 12.1 Å². The van der Waals surface area contributed by atoms with Gasteiger partial charge in [0.05, 0.1) is 0 Å². The molecule has 1 saturated carbocycles. The van der Waals surface area contributed by atoms with Crippen LogP contribution in [0.2, 0.25) is 0 Å². The summed E-state index contributed by atoms with van der Waals surface area (Å²) >= 11 is 0. The van der Waals surface area contributed by atoms with E-state index in [1.165, 1.54) is 6.42 Å². The molecule has 4 atom stereocenters. The Morgan fingerprint density at radius 3 is 2.50 bits per heavy atom. The molecular formula is C24H38N2O2. The predicted octanol–water partition coefficient (Wildman–Crippen LogP) is 5.63. The van der Waals surface area contributed by atoms with Crippen molar-refractivity contribution >= 4 is 17.5 Å². The van der Waals surface area contributed by atoms with E-state index in [1.54, 1.807) is 7.05 Å². The molecule has 0 amide bonds. The number of benzene rings is 1. The van der Waals surface area contributed by atoms with Crippen molar-refractivity contribution in [1.82, 2.24) is 0 Å². The Morgan fingerprint density at radius 1 is 1.25 bits per heavy atom. The highest BCUT2D eigenvalue weighted by Crippen LogP contribution is 2.36. The molecule has 156 valence electrons. The van der Waals surface area contributed by atoms with Crippen LogP contribution in [0.3, 0.4) is 0 Å². The summed E-state index contributed by atoms with van der Waals surface area (Å²) in [5.41, 5.74) is 2.15. The maximum absolute atomic E-state index is 13.2. The van der Waals surface area contributed by atoms with Gasteiger partial charge in [0.1, 0.15) is 18.0 Å². The van der Waals surface area contributed by atoms with Gasteiger partial charge in [-0.3, -0.25) is 4.99 Å². The summed E-state index contributed by atoms with van der Waals surface area (Å²) in [6.45, 7) is 12.8. The fourth-order valence-corrected chi connectivity index (χ4v) is 4.44. The summed E-state index contributed by atoms with van der Waals surface area (Å²) in [5, 5.41) is 0. The maximum Gasteiger partial charge on any atom is 0.329 e. The summed E-state index contributed by atoms with van der Waals surface area (Å²) in [4.78, 5) is 19.7. The normalized spacial score (nSPS) is 24.1. The third-order valence-electron chi connectivity index (χ3n) is 6.18. The van der Waals surface area contributed by atoms with E-state index >= 15 is 0 Å². The van der Waals surface area contributed by atoms with Gasteiger partial charge in [-0.15, -0.1) is 0 Å². The lowest BCUT2D eigenvalue weighted by Gasteiger charge is -2.38. The average molecular weight is 387 g/mol. The largest absolute Gasteiger partial charge is 0.461 e. The number of aryl methyl sites for hydroxylation is 1. The minimum atomic E-state index is -0.412. The fraction of sp³-hybridized carbons (Fsp3) is 0.667. The number of hydrogen-bond donors (Lipinski definition) is 0. The molecule has 0 aliphatic heterocycles. The van der Waals surface area contributed by atoms with E-state index in [1.807, 2.05) is 24.0 Å². The minimum absolute atomic E-state index is 0.0149. The molecule has 0 N–H and O–H groups in total. The van der Waals surface area contributed by atoms with Gasteiger partial charge in [0.2, 0.25) is 0 Å². The molecule has 0 radical (unpaired) electrons. The second kappa shape index (κ2) is 10.1. The molecule has 0 aromatic heterocycles. The van der Waals surface area contributed by atoms with E-state index in [2.05, 4.69) is 51.7 Å². The summed E-state index contributed by atoms with van der Waals surface area (Å²) in [6.07, 6.45) is 4.11. The van der Waals surface area contributed by atoms with Gasteiger partial charge in [-0.2, -0.15) is 0 Å². The number of aliphatic imine (C=N–C) groups is 1. The molecule has 4 heteroatoms. The second-order valence-electron chi connectivity index (χ2n) is 8.63. The zero-order valence-electron chi connectivity index (χ0n) is 18.7. The van der Waals surface area contributed by atoms with Gasteiger partial charge in [-0.25, -0.2) is 4.79 Å². The third kappa shape index (κ3) is 5.15. The van der Waals surface area contributed by atoms with Crippen LogP contribution in [0.15, 0.2) is 29.3 Å². The van der Waals surface area contributed by atoms with E-state index < -0.39 is 6.04 Å². The second-order valence-corrected chi connectivity index (χ2v) is 8.63. The van der Waals surface area contributed by atoms with E-state index in [0.717, 1.165) is 36.3 Å². The molecule has 1 aromatic carbocycles. The average Bonchev–Trinajstić information content (AvgIpc) is 2.66. The number of anilines is 1. The number of carbonyl (C=O) groups excluding carboxylic acids is 1. The van der Waals surface area contributed by atoms with E-state index in [9.17, 15) is 4.79 Å². The van der Waals surface area contributed by atoms with Crippen molar-refractivity contribution in [1.29, 1.82) is 0 Å². The monoisotopic (exact) mass is 386 g/mol. The first-order valence-electron chi connectivity index (χ1n) is 10.8. The first kappa shape index (κ1) is 22.4. The summed E-state index contributed by atoms with van der Waals surface area (Å²) in [5.74, 6) is 2.33. The number of hydrogen-bond acceptors (Lipinski definition) is 3. The zero-order chi connectivity index (χ0) is 20.8. The highest BCUT2D eigenvalue weighted by Gasteiger charge is 2.36. The molecule has 0 unspecified atom stereocenters. The van der Waals surface area contributed by atoms with Crippen molar-refractivity contribution in [2.45, 2.75) is 79.4 Å². The predicted molar refractivity (Wildman–Crippen MR) is 118 cm³/mol. The molecular weight excluding hydrogens is 348 g/mol. The van der Waals surface area contributed by atoms with Crippen LogP contribution in [-0.2, 0) is 9.53 Å². The summed E-state index contributed by atoms with van der Waals surface area (Å²) in [6, 6.07) is 7.74. The Bertz CT molecular complexity index is 683. The lowest BCUT2D eigenvalue weighted by Crippen LogP contribution is -2.47. The Kier molecular flexibility index (Phi) is 8.09.